The molecule has 2 rings (SSSR count). The van der Waals surface area contributed by atoms with Gasteiger partial charge in [0, 0.05) is 30.9 Å². The van der Waals surface area contributed by atoms with E-state index in [1.165, 1.54) is 0 Å². The van der Waals surface area contributed by atoms with Crippen molar-refractivity contribution in [2.45, 2.75) is 44.7 Å². The van der Waals surface area contributed by atoms with Crippen molar-refractivity contribution >= 4 is 5.95 Å². The minimum Gasteiger partial charge on any atom is -0.481 e. The van der Waals surface area contributed by atoms with E-state index < -0.39 is 0 Å². The molecule has 2 N–H and O–H groups in total. The molecule has 0 bridgehead atoms. The highest BCUT2D eigenvalue weighted by Gasteiger charge is 2.25. The van der Waals surface area contributed by atoms with Gasteiger partial charge in [-0.3, -0.25) is 0 Å². The molecule has 1 aromatic rings. The van der Waals surface area contributed by atoms with Gasteiger partial charge in [-0.15, -0.1) is 0 Å². The highest BCUT2D eigenvalue weighted by molar-refractivity contribution is 5.33. The van der Waals surface area contributed by atoms with E-state index in [1.807, 2.05) is 0 Å². The number of anilines is 1. The van der Waals surface area contributed by atoms with Crippen molar-refractivity contribution in [3.8, 4) is 5.88 Å². The van der Waals surface area contributed by atoms with Crippen LogP contribution in [0.5, 0.6) is 5.88 Å². The first-order valence-corrected chi connectivity index (χ1v) is 6.63. The molecule has 0 aromatic carbocycles. The van der Waals surface area contributed by atoms with Gasteiger partial charge < -0.3 is 15.4 Å². The molecule has 1 aliphatic rings. The fraction of sp³-hybridized carbons (Fsp3) is 0.692. The smallest absolute Gasteiger partial charge is 0.228 e. The van der Waals surface area contributed by atoms with Gasteiger partial charge in [-0.05, 0) is 32.6 Å². The Morgan fingerprint density at radius 3 is 2.72 bits per heavy atom. The third-order valence-corrected chi connectivity index (χ3v) is 3.61. The average Bonchev–Trinajstić information content (AvgIpc) is 2.42. The molecule has 18 heavy (non-hydrogen) atoms. The molecular formula is C13H22N4O. The van der Waals surface area contributed by atoms with Gasteiger partial charge in [0.2, 0.25) is 11.8 Å². The maximum absolute atomic E-state index is 5.95. The van der Waals surface area contributed by atoms with Crippen molar-refractivity contribution in [1.82, 2.24) is 9.97 Å². The lowest BCUT2D eigenvalue weighted by Gasteiger charge is -2.35. The van der Waals surface area contributed by atoms with E-state index in [0.29, 0.717) is 18.0 Å². The quantitative estimate of drug-likeness (QED) is 0.879. The second-order valence-electron chi connectivity index (χ2n) is 4.75. The van der Waals surface area contributed by atoms with Gasteiger partial charge >= 0.3 is 0 Å². The highest BCUT2D eigenvalue weighted by atomic mass is 16.5. The summed E-state index contributed by atoms with van der Waals surface area (Å²) in [5, 5.41) is 0. The van der Waals surface area contributed by atoms with Crippen LogP contribution in [0.4, 0.5) is 5.95 Å². The standard InChI is InChI=1S/C13H22N4O/c1-3-17(11-6-4-10(14)5-7-11)13-15-9-8-12(16-13)18-2/h8-11H,3-7,14H2,1-2H3. The van der Waals surface area contributed by atoms with E-state index in [4.69, 9.17) is 10.5 Å². The van der Waals surface area contributed by atoms with Crippen LogP contribution in [-0.4, -0.2) is 35.7 Å². The highest BCUT2D eigenvalue weighted by Crippen LogP contribution is 2.25. The number of nitrogens with two attached hydrogens (primary N) is 1. The molecule has 1 fully saturated rings. The molecule has 1 heterocycles. The van der Waals surface area contributed by atoms with Crippen LogP contribution in [0.1, 0.15) is 32.6 Å². The third-order valence-electron chi connectivity index (χ3n) is 3.61. The van der Waals surface area contributed by atoms with E-state index >= 15 is 0 Å². The number of hydrogen-bond donors (Lipinski definition) is 1. The Morgan fingerprint density at radius 1 is 1.39 bits per heavy atom. The summed E-state index contributed by atoms with van der Waals surface area (Å²) in [7, 11) is 1.63. The fourth-order valence-corrected chi connectivity index (χ4v) is 2.56. The predicted molar refractivity (Wildman–Crippen MR) is 71.8 cm³/mol. The Kier molecular flexibility index (Phi) is 4.36. The monoisotopic (exact) mass is 250 g/mol. The van der Waals surface area contributed by atoms with Gasteiger partial charge in [-0.2, -0.15) is 4.98 Å². The van der Waals surface area contributed by atoms with Crippen molar-refractivity contribution in [3.05, 3.63) is 12.3 Å². The summed E-state index contributed by atoms with van der Waals surface area (Å²) in [6.45, 7) is 3.05. The molecule has 0 unspecified atom stereocenters. The number of aromatic nitrogens is 2. The van der Waals surface area contributed by atoms with Gasteiger partial charge in [0.05, 0.1) is 7.11 Å². The summed E-state index contributed by atoms with van der Waals surface area (Å²) in [5.41, 5.74) is 5.95. The average molecular weight is 250 g/mol. The summed E-state index contributed by atoms with van der Waals surface area (Å²) < 4.78 is 5.16. The van der Waals surface area contributed by atoms with Crippen molar-refractivity contribution in [2.24, 2.45) is 5.73 Å². The van der Waals surface area contributed by atoms with Gasteiger partial charge in [0.25, 0.3) is 0 Å². The van der Waals surface area contributed by atoms with Crippen molar-refractivity contribution in [1.29, 1.82) is 0 Å². The lowest BCUT2D eigenvalue weighted by Crippen LogP contribution is -2.41. The van der Waals surface area contributed by atoms with Crippen molar-refractivity contribution in [2.75, 3.05) is 18.6 Å². The number of hydrogen-bond acceptors (Lipinski definition) is 5. The van der Waals surface area contributed by atoms with Gasteiger partial charge in [-0.1, -0.05) is 0 Å². The molecule has 0 spiro atoms. The first-order valence-electron chi connectivity index (χ1n) is 6.63. The largest absolute Gasteiger partial charge is 0.481 e. The first kappa shape index (κ1) is 13.1. The maximum Gasteiger partial charge on any atom is 0.228 e. The Labute approximate surface area is 108 Å². The maximum atomic E-state index is 5.95. The molecule has 5 nitrogen and oxygen atoms in total. The number of ether oxygens (including phenoxy) is 1. The summed E-state index contributed by atoms with van der Waals surface area (Å²) in [5.74, 6) is 1.38. The molecule has 5 heteroatoms. The Bertz CT molecular complexity index is 377. The number of methoxy groups -OCH3 is 1. The summed E-state index contributed by atoms with van der Waals surface area (Å²) in [6.07, 6.45) is 6.17. The second kappa shape index (κ2) is 6.00. The van der Waals surface area contributed by atoms with E-state index in [2.05, 4.69) is 21.8 Å². The third kappa shape index (κ3) is 2.90. The van der Waals surface area contributed by atoms with Gasteiger partial charge in [0.15, 0.2) is 0 Å². The zero-order chi connectivity index (χ0) is 13.0. The topological polar surface area (TPSA) is 64.3 Å². The molecular weight excluding hydrogens is 228 g/mol. The van der Waals surface area contributed by atoms with Crippen LogP contribution < -0.4 is 15.4 Å². The molecule has 1 aliphatic carbocycles. The molecule has 0 amide bonds. The Balaban J connectivity index is 2.11. The molecule has 0 radical (unpaired) electrons. The van der Waals surface area contributed by atoms with E-state index in [1.54, 1.807) is 19.4 Å². The van der Waals surface area contributed by atoms with Crippen LogP contribution in [-0.2, 0) is 0 Å². The lowest BCUT2D eigenvalue weighted by atomic mass is 9.91. The van der Waals surface area contributed by atoms with Crippen LogP contribution in [0.3, 0.4) is 0 Å². The van der Waals surface area contributed by atoms with Gasteiger partial charge in [0.1, 0.15) is 0 Å². The Morgan fingerprint density at radius 2 is 2.11 bits per heavy atom. The first-order chi connectivity index (χ1) is 8.74. The Hall–Kier alpha value is -1.36. The van der Waals surface area contributed by atoms with Crippen LogP contribution in [0.2, 0.25) is 0 Å². The zero-order valence-electron chi connectivity index (χ0n) is 11.2. The van der Waals surface area contributed by atoms with Crippen LogP contribution in [0, 0.1) is 0 Å². The summed E-state index contributed by atoms with van der Waals surface area (Å²) in [4.78, 5) is 11.0. The van der Waals surface area contributed by atoms with E-state index in [-0.39, 0.29) is 0 Å². The fourth-order valence-electron chi connectivity index (χ4n) is 2.56. The SMILES string of the molecule is CCN(c1nccc(OC)n1)C1CCC(N)CC1. The van der Waals surface area contributed by atoms with Crippen molar-refractivity contribution < 1.29 is 4.74 Å². The van der Waals surface area contributed by atoms with Crippen LogP contribution in [0.15, 0.2) is 12.3 Å². The molecule has 1 saturated carbocycles. The summed E-state index contributed by atoms with van der Waals surface area (Å²) >= 11 is 0. The second-order valence-corrected chi connectivity index (χ2v) is 4.75. The predicted octanol–water partition coefficient (Wildman–Crippen LogP) is 1.58. The molecule has 100 valence electrons. The molecule has 0 atom stereocenters. The normalized spacial score (nSPS) is 23.7. The lowest BCUT2D eigenvalue weighted by molar-refractivity contribution is 0.370. The summed E-state index contributed by atoms with van der Waals surface area (Å²) in [6, 6.07) is 2.64. The van der Waals surface area contributed by atoms with E-state index in [0.717, 1.165) is 38.2 Å². The van der Waals surface area contributed by atoms with Gasteiger partial charge in [-0.25, -0.2) is 4.98 Å². The van der Waals surface area contributed by atoms with Crippen LogP contribution >= 0.6 is 0 Å². The molecule has 0 aliphatic heterocycles. The minimum absolute atomic E-state index is 0.367. The number of rotatable bonds is 4. The van der Waals surface area contributed by atoms with E-state index in [9.17, 15) is 0 Å². The minimum atomic E-state index is 0.367. The number of nitrogens with zero attached hydrogens (tertiary/aromatic N) is 3. The van der Waals surface area contributed by atoms with Crippen molar-refractivity contribution in [3.63, 3.8) is 0 Å². The van der Waals surface area contributed by atoms with Crippen LogP contribution in [0.25, 0.3) is 0 Å². The molecule has 0 saturated heterocycles. The zero-order valence-corrected chi connectivity index (χ0v) is 11.2. The molecule has 1 aromatic heterocycles.